The van der Waals surface area contributed by atoms with E-state index < -0.39 is 10.8 Å². The summed E-state index contributed by atoms with van der Waals surface area (Å²) in [6, 6.07) is 10.7. The maximum atomic E-state index is 12.0. The van der Waals surface area contributed by atoms with Crippen molar-refractivity contribution in [1.29, 1.82) is 0 Å². The van der Waals surface area contributed by atoms with E-state index in [1.165, 1.54) is 5.56 Å². The lowest BCUT2D eigenvalue weighted by atomic mass is 10.0. The number of rotatable bonds is 7. The van der Waals surface area contributed by atoms with Gasteiger partial charge in [-0.25, -0.2) is 15.0 Å². The fourth-order valence-corrected chi connectivity index (χ4v) is 5.54. The molecule has 9 nitrogen and oxygen atoms in total. The topological polar surface area (TPSA) is 99.2 Å². The molecular weight excluding hydrogens is 448 g/mol. The molecule has 2 aliphatic rings. The minimum atomic E-state index is -0.760. The first-order chi connectivity index (χ1) is 16.7. The van der Waals surface area contributed by atoms with E-state index in [9.17, 15) is 4.21 Å². The van der Waals surface area contributed by atoms with Crippen LogP contribution < -0.4 is 20.4 Å². The minimum absolute atomic E-state index is 0.221. The van der Waals surface area contributed by atoms with Crippen LogP contribution in [0.15, 0.2) is 36.7 Å². The van der Waals surface area contributed by atoms with E-state index in [0.717, 1.165) is 61.7 Å². The summed E-state index contributed by atoms with van der Waals surface area (Å²) in [6.07, 6.45) is 3.46. The molecule has 0 saturated carbocycles. The molecule has 3 aromatic rings. The molecule has 2 saturated heterocycles. The number of benzene rings is 1. The summed E-state index contributed by atoms with van der Waals surface area (Å²) in [5.74, 6) is 3.58. The first kappa shape index (κ1) is 22.9. The highest BCUT2D eigenvalue weighted by Gasteiger charge is 2.25. The molecule has 1 atom stereocenters. The zero-order valence-electron chi connectivity index (χ0n) is 19.6. The van der Waals surface area contributed by atoms with Gasteiger partial charge in [-0.2, -0.15) is 4.98 Å². The van der Waals surface area contributed by atoms with Gasteiger partial charge >= 0.3 is 0 Å². The Kier molecular flexibility index (Phi) is 7.15. The molecule has 5 rings (SSSR count). The Bertz CT molecular complexity index is 1130. The minimum Gasteiger partial charge on any atom is -0.365 e. The van der Waals surface area contributed by atoms with Crippen LogP contribution in [0.2, 0.25) is 0 Å². The van der Waals surface area contributed by atoms with Crippen LogP contribution in [0.5, 0.6) is 0 Å². The number of nitrogens with zero attached hydrogens (tertiary/aromatic N) is 6. The predicted molar refractivity (Wildman–Crippen MR) is 138 cm³/mol. The van der Waals surface area contributed by atoms with Gasteiger partial charge in [-0.05, 0) is 18.4 Å². The second kappa shape index (κ2) is 10.6. The fourth-order valence-electron chi connectivity index (χ4n) is 4.49. The predicted octanol–water partition coefficient (Wildman–Crippen LogP) is 1.83. The number of nitrogens with one attached hydrogen (secondary N) is 2. The van der Waals surface area contributed by atoms with Gasteiger partial charge in [-0.1, -0.05) is 37.3 Å². The smallest absolute Gasteiger partial charge is 0.228 e. The van der Waals surface area contributed by atoms with Crippen molar-refractivity contribution in [3.05, 3.63) is 42.2 Å². The van der Waals surface area contributed by atoms with Crippen molar-refractivity contribution in [2.45, 2.75) is 25.8 Å². The van der Waals surface area contributed by atoms with E-state index in [2.05, 4.69) is 61.6 Å². The Balaban J connectivity index is 1.52. The van der Waals surface area contributed by atoms with E-state index in [-0.39, 0.29) is 6.04 Å². The molecule has 34 heavy (non-hydrogen) atoms. The quantitative estimate of drug-likeness (QED) is 0.525. The Morgan fingerprint density at radius 3 is 2.50 bits per heavy atom. The highest BCUT2D eigenvalue weighted by molar-refractivity contribution is 7.85. The summed E-state index contributed by atoms with van der Waals surface area (Å²) >= 11 is 0. The van der Waals surface area contributed by atoms with Crippen LogP contribution in [0, 0.1) is 0 Å². The zero-order valence-corrected chi connectivity index (χ0v) is 20.4. The molecule has 2 N–H and O–H groups in total. The second-order valence-corrected chi connectivity index (χ2v) is 10.5. The summed E-state index contributed by atoms with van der Waals surface area (Å²) in [4.78, 5) is 23.6. The molecule has 2 fully saturated rings. The number of aromatic nitrogens is 4. The SMILES string of the molecule is CCC(Cc1ccccc1)Nc1ncnc2c(N3CCS(=O)CC3)nc(N3CCNCC3)nc12. The molecule has 1 aromatic carbocycles. The van der Waals surface area contributed by atoms with Crippen molar-refractivity contribution in [3.8, 4) is 0 Å². The van der Waals surface area contributed by atoms with Crippen molar-refractivity contribution >= 4 is 39.4 Å². The highest BCUT2D eigenvalue weighted by Crippen LogP contribution is 2.30. The second-order valence-electron chi connectivity index (χ2n) is 8.78. The Morgan fingerprint density at radius 1 is 1.00 bits per heavy atom. The molecule has 0 radical (unpaired) electrons. The molecule has 0 spiro atoms. The first-order valence-corrected chi connectivity index (χ1v) is 13.6. The summed E-state index contributed by atoms with van der Waals surface area (Å²) in [5.41, 5.74) is 2.79. The van der Waals surface area contributed by atoms with Gasteiger partial charge in [-0.3, -0.25) is 4.21 Å². The maximum Gasteiger partial charge on any atom is 0.228 e. The van der Waals surface area contributed by atoms with E-state index in [0.29, 0.717) is 30.5 Å². The zero-order chi connectivity index (χ0) is 23.3. The van der Waals surface area contributed by atoms with Crippen molar-refractivity contribution in [2.75, 3.05) is 65.9 Å². The third-order valence-corrected chi connectivity index (χ3v) is 7.76. The van der Waals surface area contributed by atoms with Crippen LogP contribution in [-0.2, 0) is 17.2 Å². The summed E-state index contributed by atoms with van der Waals surface area (Å²) in [6.45, 7) is 7.13. The monoisotopic (exact) mass is 480 g/mol. The van der Waals surface area contributed by atoms with Gasteiger partial charge in [0.05, 0.1) is 0 Å². The van der Waals surface area contributed by atoms with Gasteiger partial charge in [0.25, 0.3) is 0 Å². The van der Waals surface area contributed by atoms with E-state index in [1.807, 2.05) is 6.07 Å². The largest absolute Gasteiger partial charge is 0.365 e. The van der Waals surface area contributed by atoms with E-state index in [4.69, 9.17) is 9.97 Å². The molecule has 10 heteroatoms. The van der Waals surface area contributed by atoms with Crippen LogP contribution in [-0.4, -0.2) is 81.0 Å². The van der Waals surface area contributed by atoms with E-state index >= 15 is 0 Å². The lowest BCUT2D eigenvalue weighted by Gasteiger charge is -2.31. The molecular formula is C24H32N8OS. The van der Waals surface area contributed by atoms with Gasteiger partial charge in [0.1, 0.15) is 17.4 Å². The first-order valence-electron chi connectivity index (χ1n) is 12.1. The van der Waals surface area contributed by atoms with Crippen molar-refractivity contribution < 1.29 is 4.21 Å². The lowest BCUT2D eigenvalue weighted by molar-refractivity contribution is 0.580. The molecule has 180 valence electrons. The number of piperazine rings is 1. The van der Waals surface area contributed by atoms with Gasteiger partial charge in [0, 0.05) is 67.6 Å². The average molecular weight is 481 g/mol. The third-order valence-electron chi connectivity index (χ3n) is 6.49. The van der Waals surface area contributed by atoms with Crippen molar-refractivity contribution in [2.24, 2.45) is 0 Å². The summed E-state index contributed by atoms with van der Waals surface area (Å²) in [5, 5.41) is 7.04. The molecule has 0 amide bonds. The van der Waals surface area contributed by atoms with Gasteiger partial charge in [-0.15, -0.1) is 0 Å². The molecule has 1 unspecified atom stereocenters. The molecule has 0 aliphatic carbocycles. The van der Waals surface area contributed by atoms with Crippen LogP contribution in [0.1, 0.15) is 18.9 Å². The van der Waals surface area contributed by atoms with Crippen LogP contribution in [0.3, 0.4) is 0 Å². The number of fused-ring (bicyclic) bond motifs is 1. The number of hydrogen-bond donors (Lipinski definition) is 2. The van der Waals surface area contributed by atoms with Crippen molar-refractivity contribution in [3.63, 3.8) is 0 Å². The normalized spacial score (nSPS) is 18.3. The van der Waals surface area contributed by atoms with Gasteiger partial charge in [0.15, 0.2) is 11.6 Å². The molecule has 2 aromatic heterocycles. The summed E-state index contributed by atoms with van der Waals surface area (Å²) in [7, 11) is -0.760. The molecule has 0 bridgehead atoms. The Hall–Kier alpha value is -2.85. The lowest BCUT2D eigenvalue weighted by Crippen LogP contribution is -2.44. The molecule has 2 aliphatic heterocycles. The fraction of sp³-hybridized carbons (Fsp3) is 0.500. The van der Waals surface area contributed by atoms with Crippen molar-refractivity contribution in [1.82, 2.24) is 25.3 Å². The number of hydrogen-bond acceptors (Lipinski definition) is 9. The Morgan fingerprint density at radius 2 is 1.76 bits per heavy atom. The van der Waals surface area contributed by atoms with Crippen LogP contribution in [0.25, 0.3) is 11.0 Å². The molecule has 4 heterocycles. The highest BCUT2D eigenvalue weighted by atomic mass is 32.2. The van der Waals surface area contributed by atoms with Gasteiger partial charge in [0.2, 0.25) is 5.95 Å². The number of anilines is 3. The maximum absolute atomic E-state index is 12.0. The van der Waals surface area contributed by atoms with Crippen LogP contribution >= 0.6 is 0 Å². The average Bonchev–Trinajstić information content (AvgIpc) is 2.89. The third kappa shape index (κ3) is 5.12. The Labute approximate surface area is 202 Å². The van der Waals surface area contributed by atoms with E-state index in [1.54, 1.807) is 6.33 Å². The van der Waals surface area contributed by atoms with Crippen LogP contribution in [0.4, 0.5) is 17.6 Å². The standard InChI is InChI=1S/C24H32N8OS/c1-2-19(16-18-6-4-3-5-7-18)28-22-20-21(26-17-27-22)23(31-12-14-34(33)15-13-31)30-24(29-20)32-10-8-25-9-11-32/h3-7,17,19,25H,2,8-16H2,1H3,(H,26,27,28). The van der Waals surface area contributed by atoms with Gasteiger partial charge < -0.3 is 20.4 Å². The summed E-state index contributed by atoms with van der Waals surface area (Å²) < 4.78 is 12.0.